The zero-order valence-electron chi connectivity index (χ0n) is 12.4. The van der Waals surface area contributed by atoms with Gasteiger partial charge >= 0.3 is 0 Å². The number of nitrogens with one attached hydrogen (secondary N) is 3. The largest absolute Gasteiger partial charge is 0.355 e. The second-order valence-corrected chi connectivity index (χ2v) is 6.46. The van der Waals surface area contributed by atoms with Gasteiger partial charge in [-0.15, -0.1) is 16.9 Å². The molecule has 0 fully saturated rings. The highest BCUT2D eigenvalue weighted by Gasteiger charge is 2.17. The molecular formula is C14H20N6OS. The molecule has 0 saturated carbocycles. The maximum Gasteiger partial charge on any atom is 0.220 e. The Morgan fingerprint density at radius 3 is 3.09 bits per heavy atom. The van der Waals surface area contributed by atoms with Crippen LogP contribution in [0.1, 0.15) is 36.2 Å². The molecule has 8 heteroatoms. The van der Waals surface area contributed by atoms with Gasteiger partial charge < -0.3 is 5.32 Å². The molecule has 118 valence electrons. The second-order valence-electron chi connectivity index (χ2n) is 5.34. The molecule has 2 aromatic heterocycles. The summed E-state index contributed by atoms with van der Waals surface area (Å²) in [6, 6.07) is 0. The van der Waals surface area contributed by atoms with Crippen molar-refractivity contribution in [2.24, 2.45) is 0 Å². The third-order valence-corrected chi connectivity index (χ3v) is 4.70. The number of H-pyrrole nitrogens is 2. The van der Waals surface area contributed by atoms with Crippen molar-refractivity contribution in [1.29, 1.82) is 0 Å². The van der Waals surface area contributed by atoms with E-state index in [1.54, 1.807) is 18.0 Å². The normalized spacial score (nSPS) is 13.8. The molecule has 0 saturated heterocycles. The average Bonchev–Trinajstić information content (AvgIpc) is 3.19. The molecule has 0 atom stereocenters. The van der Waals surface area contributed by atoms with E-state index in [0.717, 1.165) is 29.3 Å². The van der Waals surface area contributed by atoms with Crippen LogP contribution in [0.4, 0.5) is 0 Å². The van der Waals surface area contributed by atoms with Gasteiger partial charge in [0, 0.05) is 30.8 Å². The summed E-state index contributed by atoms with van der Waals surface area (Å²) in [6.07, 6.45) is 7.53. The maximum atomic E-state index is 11.9. The summed E-state index contributed by atoms with van der Waals surface area (Å²) in [7, 11) is 0. The lowest BCUT2D eigenvalue weighted by Crippen LogP contribution is -2.26. The topological polar surface area (TPSA) is 99.4 Å². The van der Waals surface area contributed by atoms with E-state index < -0.39 is 0 Å². The zero-order valence-corrected chi connectivity index (χ0v) is 13.2. The number of amides is 1. The number of thioether (sulfide) groups is 1. The Bertz CT molecular complexity index is 609. The Morgan fingerprint density at radius 2 is 2.23 bits per heavy atom. The number of aryl methyl sites for hydroxylation is 2. The number of hydrogen-bond donors (Lipinski definition) is 3. The molecule has 2 aromatic rings. The van der Waals surface area contributed by atoms with Gasteiger partial charge in [0.25, 0.3) is 0 Å². The number of aromatic amines is 2. The van der Waals surface area contributed by atoms with Crippen LogP contribution in [0.5, 0.6) is 0 Å². The minimum absolute atomic E-state index is 0.0771. The SMILES string of the molecule is O=C(CCc1n[nH]c2c1CCCC2)NCCSc1cn[nH]n1. The first-order valence-electron chi connectivity index (χ1n) is 7.63. The van der Waals surface area contributed by atoms with Gasteiger partial charge in [-0.1, -0.05) is 0 Å². The molecule has 1 aliphatic carbocycles. The van der Waals surface area contributed by atoms with Gasteiger partial charge in [-0.05, 0) is 31.2 Å². The lowest BCUT2D eigenvalue weighted by Gasteiger charge is -2.11. The van der Waals surface area contributed by atoms with Crippen molar-refractivity contribution in [3.05, 3.63) is 23.1 Å². The molecule has 7 nitrogen and oxygen atoms in total. The van der Waals surface area contributed by atoms with E-state index in [1.165, 1.54) is 24.1 Å². The standard InChI is InChI=1S/C14H20N6OS/c21-13(15-7-8-22-14-9-16-20-19-14)6-5-12-10-3-1-2-4-11(10)17-18-12/h9H,1-8H2,(H,15,21)(H,17,18)(H,16,19,20). The quantitative estimate of drug-likeness (QED) is 0.527. The number of carbonyl (C=O) groups excluding carboxylic acids is 1. The lowest BCUT2D eigenvalue weighted by molar-refractivity contribution is -0.120. The fourth-order valence-corrected chi connectivity index (χ4v) is 3.33. The average molecular weight is 320 g/mol. The fourth-order valence-electron chi connectivity index (χ4n) is 2.68. The van der Waals surface area contributed by atoms with Crippen LogP contribution in [0.3, 0.4) is 0 Å². The molecule has 0 spiro atoms. The van der Waals surface area contributed by atoms with Crippen molar-refractivity contribution < 1.29 is 4.79 Å². The third kappa shape index (κ3) is 3.88. The molecule has 2 heterocycles. The van der Waals surface area contributed by atoms with Gasteiger partial charge in [-0.2, -0.15) is 15.4 Å². The predicted molar refractivity (Wildman–Crippen MR) is 83.7 cm³/mol. The first kappa shape index (κ1) is 15.1. The minimum atomic E-state index is 0.0771. The smallest absolute Gasteiger partial charge is 0.220 e. The Hall–Kier alpha value is -1.83. The summed E-state index contributed by atoms with van der Waals surface area (Å²) in [4.78, 5) is 11.9. The van der Waals surface area contributed by atoms with Crippen molar-refractivity contribution >= 4 is 17.7 Å². The van der Waals surface area contributed by atoms with Crippen molar-refractivity contribution in [3.63, 3.8) is 0 Å². The first-order valence-corrected chi connectivity index (χ1v) is 8.62. The van der Waals surface area contributed by atoms with E-state index in [1.807, 2.05) is 0 Å². The van der Waals surface area contributed by atoms with Crippen LogP contribution in [-0.4, -0.2) is 43.8 Å². The van der Waals surface area contributed by atoms with Gasteiger partial charge in [0.1, 0.15) is 5.03 Å². The third-order valence-electron chi connectivity index (χ3n) is 3.80. The van der Waals surface area contributed by atoms with Crippen molar-refractivity contribution in [2.75, 3.05) is 12.3 Å². The van der Waals surface area contributed by atoms with Crippen LogP contribution in [0.2, 0.25) is 0 Å². The number of carbonyl (C=O) groups is 1. The molecule has 1 aliphatic rings. The second kappa shape index (κ2) is 7.44. The highest BCUT2D eigenvalue weighted by molar-refractivity contribution is 7.99. The monoisotopic (exact) mass is 320 g/mol. The van der Waals surface area contributed by atoms with Gasteiger partial charge in [0.2, 0.25) is 5.91 Å². The van der Waals surface area contributed by atoms with E-state index in [9.17, 15) is 4.79 Å². The molecule has 1 amide bonds. The Morgan fingerprint density at radius 1 is 1.32 bits per heavy atom. The van der Waals surface area contributed by atoms with Crippen LogP contribution < -0.4 is 5.32 Å². The number of rotatable bonds is 7. The van der Waals surface area contributed by atoms with Crippen molar-refractivity contribution in [1.82, 2.24) is 30.9 Å². The number of hydrogen-bond acceptors (Lipinski definition) is 5. The van der Waals surface area contributed by atoms with Gasteiger partial charge in [0.15, 0.2) is 0 Å². The molecule has 0 radical (unpaired) electrons. The highest BCUT2D eigenvalue weighted by Crippen LogP contribution is 2.22. The van der Waals surface area contributed by atoms with E-state index in [2.05, 4.69) is 30.9 Å². The molecular weight excluding hydrogens is 300 g/mol. The summed E-state index contributed by atoms with van der Waals surface area (Å²) < 4.78 is 0. The van der Waals surface area contributed by atoms with E-state index in [4.69, 9.17) is 0 Å². The summed E-state index contributed by atoms with van der Waals surface area (Å²) >= 11 is 1.57. The zero-order chi connectivity index (χ0) is 15.2. The molecule has 0 unspecified atom stereocenters. The Labute approximate surface area is 133 Å². The number of nitrogens with zero attached hydrogens (tertiary/aromatic N) is 3. The maximum absolute atomic E-state index is 11.9. The molecule has 3 N–H and O–H groups in total. The Kier molecular flexibility index (Phi) is 5.10. The van der Waals surface area contributed by atoms with E-state index in [0.29, 0.717) is 19.4 Å². The van der Waals surface area contributed by atoms with Crippen LogP contribution in [0, 0.1) is 0 Å². The number of fused-ring (bicyclic) bond motifs is 1. The van der Waals surface area contributed by atoms with E-state index in [-0.39, 0.29) is 5.91 Å². The fraction of sp³-hybridized carbons (Fsp3) is 0.571. The van der Waals surface area contributed by atoms with Gasteiger partial charge in [-0.3, -0.25) is 9.89 Å². The molecule has 3 rings (SSSR count). The van der Waals surface area contributed by atoms with Crippen LogP contribution in [-0.2, 0) is 24.1 Å². The summed E-state index contributed by atoms with van der Waals surface area (Å²) in [6.45, 7) is 0.634. The molecule has 22 heavy (non-hydrogen) atoms. The van der Waals surface area contributed by atoms with Gasteiger partial charge in [0.05, 0.1) is 11.9 Å². The molecule has 0 aromatic carbocycles. The van der Waals surface area contributed by atoms with Crippen LogP contribution in [0.25, 0.3) is 0 Å². The van der Waals surface area contributed by atoms with Gasteiger partial charge in [-0.25, -0.2) is 0 Å². The predicted octanol–water partition coefficient (Wildman–Crippen LogP) is 1.25. The van der Waals surface area contributed by atoms with Crippen molar-refractivity contribution in [3.8, 4) is 0 Å². The summed E-state index contributed by atoms with van der Waals surface area (Å²) in [5.41, 5.74) is 3.69. The Balaban J connectivity index is 1.36. The van der Waals surface area contributed by atoms with Crippen LogP contribution >= 0.6 is 11.8 Å². The molecule has 0 aliphatic heterocycles. The highest BCUT2D eigenvalue weighted by atomic mass is 32.2. The minimum Gasteiger partial charge on any atom is -0.355 e. The van der Waals surface area contributed by atoms with E-state index >= 15 is 0 Å². The first-order chi connectivity index (χ1) is 10.8. The van der Waals surface area contributed by atoms with Crippen molar-refractivity contribution in [2.45, 2.75) is 43.6 Å². The lowest BCUT2D eigenvalue weighted by atomic mass is 9.95. The summed E-state index contributed by atoms with van der Waals surface area (Å²) in [5.74, 6) is 0.865. The summed E-state index contributed by atoms with van der Waals surface area (Å²) in [5, 5.41) is 21.5. The molecule has 0 bridgehead atoms. The number of aromatic nitrogens is 5. The van der Waals surface area contributed by atoms with Crippen LogP contribution in [0.15, 0.2) is 11.2 Å².